The van der Waals surface area contributed by atoms with Gasteiger partial charge in [-0.15, -0.1) is 0 Å². The summed E-state index contributed by atoms with van der Waals surface area (Å²) in [7, 11) is 0. The smallest absolute Gasteiger partial charge is 0.257 e. The lowest BCUT2D eigenvalue weighted by Crippen LogP contribution is -2.33. The lowest BCUT2D eigenvalue weighted by atomic mass is 10.1. The van der Waals surface area contributed by atoms with Crippen LogP contribution in [0, 0.1) is 0 Å². The van der Waals surface area contributed by atoms with Gasteiger partial charge in [-0.1, -0.05) is 11.6 Å². The minimum Gasteiger partial charge on any atom is -0.507 e. The largest absolute Gasteiger partial charge is 0.507 e. The third-order valence-corrected chi connectivity index (χ3v) is 2.46. The predicted octanol–water partition coefficient (Wildman–Crippen LogP) is 1.50. The molecule has 1 aromatic carbocycles. The van der Waals surface area contributed by atoms with Crippen LogP contribution in [0.15, 0.2) is 18.2 Å². The van der Waals surface area contributed by atoms with Crippen LogP contribution in [0.2, 0.25) is 5.02 Å². The molecule has 0 unspecified atom stereocenters. The first-order valence-electron chi connectivity index (χ1n) is 4.98. The Morgan fingerprint density at radius 1 is 1.50 bits per heavy atom. The number of amides is 1. The average molecular weight is 244 g/mol. The zero-order chi connectivity index (χ0) is 12.1. The van der Waals surface area contributed by atoms with Crippen molar-refractivity contribution in [2.24, 2.45) is 0 Å². The molecule has 4 nitrogen and oxygen atoms in total. The molecule has 1 amide bonds. The highest BCUT2D eigenvalue weighted by Gasteiger charge is 2.17. The minimum atomic E-state index is -0.314. The van der Waals surface area contributed by atoms with Crippen LogP contribution < -0.4 is 0 Å². The summed E-state index contributed by atoms with van der Waals surface area (Å²) < 4.78 is 0. The van der Waals surface area contributed by atoms with Gasteiger partial charge in [0.1, 0.15) is 5.75 Å². The molecule has 0 heterocycles. The Bertz CT molecular complexity index is 381. The lowest BCUT2D eigenvalue weighted by Gasteiger charge is -2.20. The van der Waals surface area contributed by atoms with Crippen molar-refractivity contribution in [2.45, 2.75) is 6.92 Å². The van der Waals surface area contributed by atoms with Gasteiger partial charge in [0.25, 0.3) is 5.91 Å². The van der Waals surface area contributed by atoms with E-state index < -0.39 is 0 Å². The second-order valence-electron chi connectivity index (χ2n) is 3.27. The first-order valence-corrected chi connectivity index (χ1v) is 5.36. The number of hydrogen-bond donors (Lipinski definition) is 2. The van der Waals surface area contributed by atoms with Gasteiger partial charge in [0.05, 0.1) is 12.2 Å². The molecule has 0 spiro atoms. The van der Waals surface area contributed by atoms with Crippen LogP contribution in [-0.2, 0) is 0 Å². The fourth-order valence-electron chi connectivity index (χ4n) is 1.38. The Morgan fingerprint density at radius 2 is 2.19 bits per heavy atom. The molecular weight excluding hydrogens is 230 g/mol. The molecule has 0 saturated carbocycles. The van der Waals surface area contributed by atoms with Crippen LogP contribution in [0.25, 0.3) is 0 Å². The zero-order valence-electron chi connectivity index (χ0n) is 8.98. The normalized spacial score (nSPS) is 10.2. The highest BCUT2D eigenvalue weighted by Crippen LogP contribution is 2.23. The van der Waals surface area contributed by atoms with Gasteiger partial charge in [0.2, 0.25) is 0 Å². The van der Waals surface area contributed by atoms with Gasteiger partial charge in [-0.25, -0.2) is 0 Å². The first kappa shape index (κ1) is 12.8. The number of nitrogens with zero attached hydrogens (tertiary/aromatic N) is 1. The van der Waals surface area contributed by atoms with Crippen LogP contribution in [0.3, 0.4) is 0 Å². The van der Waals surface area contributed by atoms with Crippen molar-refractivity contribution in [3.8, 4) is 5.75 Å². The summed E-state index contributed by atoms with van der Waals surface area (Å²) >= 11 is 5.67. The summed E-state index contributed by atoms with van der Waals surface area (Å²) in [5, 5.41) is 18.8. The summed E-state index contributed by atoms with van der Waals surface area (Å²) in [4.78, 5) is 13.4. The second kappa shape index (κ2) is 5.72. The van der Waals surface area contributed by atoms with Crippen molar-refractivity contribution in [2.75, 3.05) is 19.7 Å². The Balaban J connectivity index is 2.94. The number of hydrogen-bond acceptors (Lipinski definition) is 3. The van der Waals surface area contributed by atoms with Crippen LogP contribution in [0.5, 0.6) is 5.75 Å². The Labute approximate surface area is 99.1 Å². The molecule has 88 valence electrons. The highest BCUT2D eigenvalue weighted by molar-refractivity contribution is 6.30. The number of carbonyl (C=O) groups excluding carboxylic acids is 1. The summed E-state index contributed by atoms with van der Waals surface area (Å²) in [6.07, 6.45) is 0. The summed E-state index contributed by atoms with van der Waals surface area (Å²) in [5.41, 5.74) is 0.194. The molecule has 0 aromatic heterocycles. The third kappa shape index (κ3) is 2.87. The molecule has 0 aliphatic rings. The van der Waals surface area contributed by atoms with Crippen molar-refractivity contribution >= 4 is 17.5 Å². The SMILES string of the molecule is CCN(CCO)C(=O)c1ccc(Cl)cc1O. The van der Waals surface area contributed by atoms with Gasteiger partial charge in [-0.2, -0.15) is 0 Å². The molecule has 0 aliphatic heterocycles. The van der Waals surface area contributed by atoms with Crippen molar-refractivity contribution in [1.82, 2.24) is 4.90 Å². The molecule has 16 heavy (non-hydrogen) atoms. The maximum absolute atomic E-state index is 11.9. The number of phenolic OH excluding ortho intramolecular Hbond substituents is 1. The molecule has 1 aromatic rings. The van der Waals surface area contributed by atoms with Crippen molar-refractivity contribution in [3.05, 3.63) is 28.8 Å². The summed E-state index contributed by atoms with van der Waals surface area (Å²) in [6, 6.07) is 4.34. The maximum Gasteiger partial charge on any atom is 0.257 e. The van der Waals surface area contributed by atoms with Crippen molar-refractivity contribution in [3.63, 3.8) is 0 Å². The number of benzene rings is 1. The van der Waals surface area contributed by atoms with E-state index in [4.69, 9.17) is 16.7 Å². The van der Waals surface area contributed by atoms with E-state index in [-0.39, 0.29) is 30.4 Å². The number of rotatable bonds is 4. The molecule has 0 aliphatic carbocycles. The molecule has 1 rings (SSSR count). The minimum absolute atomic E-state index is 0.103. The fraction of sp³-hybridized carbons (Fsp3) is 0.364. The Kier molecular flexibility index (Phi) is 4.58. The van der Waals surface area contributed by atoms with Gasteiger partial charge in [-0.3, -0.25) is 4.79 Å². The topological polar surface area (TPSA) is 60.8 Å². The number of likely N-dealkylation sites (N-methyl/N-ethyl adjacent to an activating group) is 1. The van der Waals surface area contributed by atoms with Crippen molar-refractivity contribution < 1.29 is 15.0 Å². The van der Waals surface area contributed by atoms with Crippen LogP contribution in [-0.4, -0.2) is 40.7 Å². The molecule has 5 heteroatoms. The van der Waals surface area contributed by atoms with Crippen LogP contribution in [0.1, 0.15) is 17.3 Å². The van der Waals surface area contributed by atoms with E-state index in [0.717, 1.165) is 0 Å². The van der Waals surface area contributed by atoms with Gasteiger partial charge >= 0.3 is 0 Å². The van der Waals surface area contributed by atoms with Crippen LogP contribution >= 0.6 is 11.6 Å². The number of carbonyl (C=O) groups is 1. The van der Waals surface area contributed by atoms with Crippen LogP contribution in [0.4, 0.5) is 0 Å². The summed E-state index contributed by atoms with van der Waals surface area (Å²) in [5.74, 6) is -0.459. The van der Waals surface area contributed by atoms with E-state index in [9.17, 15) is 9.90 Å². The van der Waals surface area contributed by atoms with Gasteiger partial charge < -0.3 is 15.1 Å². The Hall–Kier alpha value is -1.26. The number of aliphatic hydroxyl groups excluding tert-OH is 1. The molecule has 0 fully saturated rings. The highest BCUT2D eigenvalue weighted by atomic mass is 35.5. The lowest BCUT2D eigenvalue weighted by molar-refractivity contribution is 0.0729. The number of aromatic hydroxyl groups is 1. The average Bonchev–Trinajstić information content (AvgIpc) is 2.25. The van der Waals surface area contributed by atoms with Gasteiger partial charge in [0, 0.05) is 18.1 Å². The second-order valence-corrected chi connectivity index (χ2v) is 3.71. The predicted molar refractivity (Wildman–Crippen MR) is 61.8 cm³/mol. The van der Waals surface area contributed by atoms with Gasteiger partial charge in [0.15, 0.2) is 0 Å². The zero-order valence-corrected chi connectivity index (χ0v) is 9.74. The third-order valence-electron chi connectivity index (χ3n) is 2.23. The quantitative estimate of drug-likeness (QED) is 0.843. The van der Waals surface area contributed by atoms with E-state index in [1.807, 2.05) is 0 Å². The molecule has 0 radical (unpaired) electrons. The van der Waals surface area contributed by atoms with E-state index in [1.165, 1.54) is 17.0 Å². The first-order chi connectivity index (χ1) is 7.60. The van der Waals surface area contributed by atoms with E-state index in [2.05, 4.69) is 0 Å². The molecular formula is C11H14ClNO3. The van der Waals surface area contributed by atoms with Gasteiger partial charge in [-0.05, 0) is 25.1 Å². The van der Waals surface area contributed by atoms with Crippen molar-refractivity contribution in [1.29, 1.82) is 0 Å². The molecule has 2 N–H and O–H groups in total. The molecule has 0 saturated heterocycles. The molecule has 0 bridgehead atoms. The fourth-order valence-corrected chi connectivity index (χ4v) is 1.55. The standard InChI is InChI=1S/C11H14ClNO3/c1-2-13(5-6-14)11(16)9-4-3-8(12)7-10(9)15/h3-4,7,14-15H,2,5-6H2,1H3. The molecule has 0 atom stereocenters. The number of halogens is 1. The monoisotopic (exact) mass is 243 g/mol. The maximum atomic E-state index is 11.9. The van der Waals surface area contributed by atoms with E-state index in [0.29, 0.717) is 11.6 Å². The summed E-state index contributed by atoms with van der Waals surface area (Å²) in [6.45, 7) is 2.42. The van der Waals surface area contributed by atoms with E-state index >= 15 is 0 Å². The number of phenols is 1. The van der Waals surface area contributed by atoms with E-state index in [1.54, 1.807) is 13.0 Å². The number of aliphatic hydroxyl groups is 1. The Morgan fingerprint density at radius 3 is 2.69 bits per heavy atom.